The van der Waals surface area contributed by atoms with Crippen LogP contribution in [0.1, 0.15) is 37.6 Å². The van der Waals surface area contributed by atoms with Gasteiger partial charge in [-0.1, -0.05) is 6.92 Å². The van der Waals surface area contributed by atoms with Gasteiger partial charge in [-0.3, -0.25) is 14.3 Å². The van der Waals surface area contributed by atoms with Crippen molar-refractivity contribution in [3.8, 4) is 0 Å². The number of carboxylic acid groups (broad SMARTS) is 1. The number of aliphatic carboxylic acids is 1. The van der Waals surface area contributed by atoms with Crippen molar-refractivity contribution in [2.75, 3.05) is 6.54 Å². The number of hydrogen-bond acceptors (Lipinski definition) is 3. The molecule has 0 aliphatic carbocycles. The Labute approximate surface area is 119 Å². The highest BCUT2D eigenvalue weighted by Gasteiger charge is 2.10. The summed E-state index contributed by atoms with van der Waals surface area (Å²) < 4.78 is 1.82. The van der Waals surface area contributed by atoms with Gasteiger partial charge in [-0.15, -0.1) is 0 Å². The van der Waals surface area contributed by atoms with E-state index in [1.165, 1.54) is 0 Å². The second kappa shape index (κ2) is 7.67. The molecule has 20 heavy (non-hydrogen) atoms. The molecule has 0 fully saturated rings. The number of nitrogens with one attached hydrogen (secondary N) is 1. The molecule has 1 rings (SSSR count). The fourth-order valence-corrected chi connectivity index (χ4v) is 1.96. The Morgan fingerprint density at radius 1 is 1.45 bits per heavy atom. The molecular formula is C14H23N3O3. The van der Waals surface area contributed by atoms with E-state index in [0.29, 0.717) is 32.4 Å². The molecule has 1 aromatic rings. The van der Waals surface area contributed by atoms with Gasteiger partial charge in [0, 0.05) is 25.2 Å². The zero-order chi connectivity index (χ0) is 15.1. The second-order valence-electron chi connectivity index (χ2n) is 5.13. The van der Waals surface area contributed by atoms with E-state index >= 15 is 0 Å². The highest BCUT2D eigenvalue weighted by molar-refractivity contribution is 5.75. The maximum atomic E-state index is 11.6. The Morgan fingerprint density at radius 2 is 2.15 bits per heavy atom. The van der Waals surface area contributed by atoms with Crippen molar-refractivity contribution in [3.63, 3.8) is 0 Å². The quantitative estimate of drug-likeness (QED) is 0.707. The normalized spacial score (nSPS) is 12.2. The first kappa shape index (κ1) is 16.2. The summed E-state index contributed by atoms with van der Waals surface area (Å²) in [5.74, 6) is -1.18. The minimum Gasteiger partial charge on any atom is -0.481 e. The summed E-state index contributed by atoms with van der Waals surface area (Å²) in [6.07, 6.45) is 1.64. The molecule has 0 saturated heterocycles. The smallest absolute Gasteiger partial charge is 0.306 e. The van der Waals surface area contributed by atoms with Crippen LogP contribution in [0.15, 0.2) is 6.07 Å². The molecule has 1 unspecified atom stereocenters. The molecule has 6 heteroatoms. The lowest BCUT2D eigenvalue weighted by atomic mass is 10.1. The predicted octanol–water partition coefficient (Wildman–Crippen LogP) is 1.51. The van der Waals surface area contributed by atoms with E-state index < -0.39 is 5.97 Å². The zero-order valence-electron chi connectivity index (χ0n) is 12.3. The molecule has 0 spiro atoms. The van der Waals surface area contributed by atoms with Crippen molar-refractivity contribution < 1.29 is 14.7 Å². The van der Waals surface area contributed by atoms with E-state index in [0.717, 1.165) is 11.4 Å². The molecule has 6 nitrogen and oxygen atoms in total. The minimum absolute atomic E-state index is 0.0273. The SMILES string of the molecule is Cc1cc(C)n(CCC(=O)NCCCC(C)C(=O)O)n1. The van der Waals surface area contributed by atoms with Gasteiger partial charge in [0.1, 0.15) is 0 Å². The minimum atomic E-state index is -0.791. The van der Waals surface area contributed by atoms with Crippen molar-refractivity contribution in [1.29, 1.82) is 0 Å². The summed E-state index contributed by atoms with van der Waals surface area (Å²) in [6, 6.07) is 1.98. The molecular weight excluding hydrogens is 258 g/mol. The van der Waals surface area contributed by atoms with E-state index in [2.05, 4.69) is 10.4 Å². The van der Waals surface area contributed by atoms with E-state index in [-0.39, 0.29) is 11.8 Å². The summed E-state index contributed by atoms with van der Waals surface area (Å²) in [4.78, 5) is 22.3. The summed E-state index contributed by atoms with van der Waals surface area (Å²) in [6.45, 7) is 6.65. The van der Waals surface area contributed by atoms with Crippen molar-refractivity contribution in [1.82, 2.24) is 15.1 Å². The summed E-state index contributed by atoms with van der Waals surface area (Å²) >= 11 is 0. The van der Waals surface area contributed by atoms with Crippen LogP contribution in [0.3, 0.4) is 0 Å². The first-order valence-electron chi connectivity index (χ1n) is 6.90. The molecule has 0 aliphatic heterocycles. The summed E-state index contributed by atoms with van der Waals surface area (Å²) in [5.41, 5.74) is 2.00. The number of aromatic nitrogens is 2. The lowest BCUT2D eigenvalue weighted by molar-refractivity contribution is -0.141. The van der Waals surface area contributed by atoms with Crippen molar-refractivity contribution in [2.45, 2.75) is 46.6 Å². The highest BCUT2D eigenvalue weighted by Crippen LogP contribution is 2.05. The highest BCUT2D eigenvalue weighted by atomic mass is 16.4. The number of carbonyl (C=O) groups is 2. The molecule has 1 aromatic heterocycles. The predicted molar refractivity (Wildman–Crippen MR) is 75.4 cm³/mol. The average Bonchev–Trinajstić information content (AvgIpc) is 2.70. The van der Waals surface area contributed by atoms with Gasteiger partial charge in [-0.2, -0.15) is 5.10 Å². The second-order valence-corrected chi connectivity index (χ2v) is 5.13. The van der Waals surface area contributed by atoms with Gasteiger partial charge in [-0.25, -0.2) is 0 Å². The molecule has 2 N–H and O–H groups in total. The van der Waals surface area contributed by atoms with Crippen LogP contribution in [-0.4, -0.2) is 33.3 Å². The molecule has 0 bridgehead atoms. The molecule has 112 valence electrons. The van der Waals surface area contributed by atoms with Crippen molar-refractivity contribution in [2.24, 2.45) is 5.92 Å². The van der Waals surface area contributed by atoms with Crippen molar-refractivity contribution >= 4 is 11.9 Å². The summed E-state index contributed by atoms with van der Waals surface area (Å²) in [5, 5.41) is 15.8. The Morgan fingerprint density at radius 3 is 2.70 bits per heavy atom. The average molecular weight is 281 g/mol. The maximum absolute atomic E-state index is 11.6. The van der Waals surface area contributed by atoms with Crippen molar-refractivity contribution in [3.05, 3.63) is 17.5 Å². The van der Waals surface area contributed by atoms with Crippen LogP contribution in [0.5, 0.6) is 0 Å². The van der Waals surface area contributed by atoms with E-state index in [1.54, 1.807) is 6.92 Å². The number of nitrogens with zero attached hydrogens (tertiary/aromatic N) is 2. The lowest BCUT2D eigenvalue weighted by Crippen LogP contribution is -2.26. The Balaban J connectivity index is 2.18. The monoisotopic (exact) mass is 281 g/mol. The van der Waals surface area contributed by atoms with Crippen LogP contribution in [0.2, 0.25) is 0 Å². The van der Waals surface area contributed by atoms with Gasteiger partial charge in [0.05, 0.1) is 11.6 Å². The number of aryl methyl sites for hydroxylation is 3. The van der Waals surface area contributed by atoms with Gasteiger partial charge < -0.3 is 10.4 Å². The molecule has 1 amide bonds. The molecule has 0 aliphatic rings. The van der Waals surface area contributed by atoms with E-state index in [1.807, 2.05) is 24.6 Å². The van der Waals surface area contributed by atoms with Crippen LogP contribution < -0.4 is 5.32 Å². The first-order chi connectivity index (χ1) is 9.40. The van der Waals surface area contributed by atoms with Crippen LogP contribution >= 0.6 is 0 Å². The third-order valence-electron chi connectivity index (χ3n) is 3.21. The third kappa shape index (κ3) is 5.42. The van der Waals surface area contributed by atoms with Gasteiger partial charge >= 0.3 is 5.97 Å². The lowest BCUT2D eigenvalue weighted by Gasteiger charge is -2.08. The number of carbonyl (C=O) groups excluding carboxylic acids is 1. The topological polar surface area (TPSA) is 84.2 Å². The Bertz CT molecular complexity index is 468. The number of amides is 1. The van der Waals surface area contributed by atoms with E-state index in [9.17, 15) is 9.59 Å². The van der Waals surface area contributed by atoms with Crippen LogP contribution in [0.25, 0.3) is 0 Å². The van der Waals surface area contributed by atoms with Gasteiger partial charge in [0.2, 0.25) is 5.91 Å². The van der Waals surface area contributed by atoms with Gasteiger partial charge in [0.15, 0.2) is 0 Å². The fourth-order valence-electron chi connectivity index (χ4n) is 1.96. The van der Waals surface area contributed by atoms with Gasteiger partial charge in [0.25, 0.3) is 0 Å². The molecule has 0 aromatic carbocycles. The van der Waals surface area contributed by atoms with E-state index in [4.69, 9.17) is 5.11 Å². The largest absolute Gasteiger partial charge is 0.481 e. The summed E-state index contributed by atoms with van der Waals surface area (Å²) in [7, 11) is 0. The standard InChI is InChI=1S/C14H23N3O3/c1-10(14(19)20)5-4-7-15-13(18)6-8-17-12(3)9-11(2)16-17/h9-10H,4-8H2,1-3H3,(H,15,18)(H,19,20). The van der Waals surface area contributed by atoms with Crippen LogP contribution in [0, 0.1) is 19.8 Å². The molecule has 0 radical (unpaired) electrons. The maximum Gasteiger partial charge on any atom is 0.306 e. The number of rotatable bonds is 8. The van der Waals surface area contributed by atoms with Crippen LogP contribution in [0.4, 0.5) is 0 Å². The Hall–Kier alpha value is -1.85. The van der Waals surface area contributed by atoms with Crippen LogP contribution in [-0.2, 0) is 16.1 Å². The first-order valence-corrected chi connectivity index (χ1v) is 6.90. The third-order valence-corrected chi connectivity index (χ3v) is 3.21. The zero-order valence-corrected chi connectivity index (χ0v) is 12.3. The molecule has 1 atom stereocenters. The number of hydrogen-bond donors (Lipinski definition) is 2. The number of carboxylic acids is 1. The fraction of sp³-hybridized carbons (Fsp3) is 0.643. The molecule has 0 saturated carbocycles. The van der Waals surface area contributed by atoms with Gasteiger partial charge in [-0.05, 0) is 32.8 Å². The molecule has 1 heterocycles. The Kier molecular flexibility index (Phi) is 6.21.